The van der Waals surface area contributed by atoms with Gasteiger partial charge in [-0.05, 0) is 42.0 Å². The van der Waals surface area contributed by atoms with Crippen molar-refractivity contribution in [2.75, 3.05) is 37.6 Å². The highest BCUT2D eigenvalue weighted by molar-refractivity contribution is 6.01. The lowest BCUT2D eigenvalue weighted by molar-refractivity contribution is -0.131. The van der Waals surface area contributed by atoms with Gasteiger partial charge in [0.25, 0.3) is 5.91 Å². The number of nitrogens with one attached hydrogen (secondary N) is 1. The summed E-state index contributed by atoms with van der Waals surface area (Å²) in [6.07, 6.45) is 2.25. The smallest absolute Gasteiger partial charge is 0.255 e. The van der Waals surface area contributed by atoms with Crippen molar-refractivity contribution in [2.24, 2.45) is 0 Å². The molecule has 3 heterocycles. The molecule has 2 aliphatic rings. The number of halogens is 1. The van der Waals surface area contributed by atoms with Crippen molar-refractivity contribution >= 4 is 28.4 Å². The molecule has 2 amide bonds. The average Bonchev–Trinajstić information content (AvgIpc) is 3.46. The molecule has 36 heavy (non-hydrogen) atoms. The van der Waals surface area contributed by atoms with Gasteiger partial charge in [0.2, 0.25) is 5.91 Å². The van der Waals surface area contributed by atoms with E-state index in [1.165, 1.54) is 12.1 Å². The third-order valence-corrected chi connectivity index (χ3v) is 7.36. The predicted octanol–water partition coefficient (Wildman–Crippen LogP) is 4.59. The summed E-state index contributed by atoms with van der Waals surface area (Å²) in [5, 5.41) is 1.08. The molecule has 3 aromatic carbocycles. The van der Waals surface area contributed by atoms with Crippen LogP contribution in [0.25, 0.3) is 10.9 Å². The van der Waals surface area contributed by atoms with Crippen molar-refractivity contribution in [2.45, 2.75) is 12.5 Å². The van der Waals surface area contributed by atoms with Crippen LogP contribution < -0.4 is 4.90 Å². The second kappa shape index (κ2) is 9.15. The molecule has 182 valence electrons. The fraction of sp³-hybridized carbons (Fsp3) is 0.241. The van der Waals surface area contributed by atoms with Gasteiger partial charge in [0.05, 0.1) is 6.04 Å². The Morgan fingerprint density at radius 2 is 1.61 bits per heavy atom. The largest absolute Gasteiger partial charge is 0.368 e. The van der Waals surface area contributed by atoms with Crippen molar-refractivity contribution in [3.05, 3.63) is 102 Å². The van der Waals surface area contributed by atoms with Crippen LogP contribution in [0.4, 0.5) is 10.1 Å². The number of hydrogen-bond acceptors (Lipinski definition) is 3. The summed E-state index contributed by atoms with van der Waals surface area (Å²) < 4.78 is 13.2. The number of aromatic amines is 1. The SMILES string of the molecule is O=C(CCN1C(=O)c2ccccc2[C@@H]1c1c[nH]c2ccccc12)N1CCN(c2ccc(F)cc2)CC1. The van der Waals surface area contributed by atoms with Crippen molar-refractivity contribution in [3.8, 4) is 0 Å². The Morgan fingerprint density at radius 3 is 2.42 bits per heavy atom. The Kier molecular flexibility index (Phi) is 5.68. The van der Waals surface area contributed by atoms with Crippen LogP contribution in [0.5, 0.6) is 0 Å². The summed E-state index contributed by atoms with van der Waals surface area (Å²) in [7, 11) is 0. The minimum atomic E-state index is -0.253. The van der Waals surface area contributed by atoms with Crippen LogP contribution >= 0.6 is 0 Å². The number of hydrogen-bond donors (Lipinski definition) is 1. The summed E-state index contributed by atoms with van der Waals surface area (Å²) >= 11 is 0. The standard InChI is InChI=1S/C29H27FN4O2/c30-20-9-11-21(12-10-20)32-15-17-33(18-16-32)27(35)13-14-34-28(23-6-1-2-7-24(23)29(34)36)25-19-31-26-8-4-3-5-22(25)26/h1-12,19,28,31H,13-18H2/t28-/m1/s1. The maximum absolute atomic E-state index is 13.4. The minimum absolute atomic E-state index is 0.0326. The van der Waals surface area contributed by atoms with E-state index in [4.69, 9.17) is 0 Å². The van der Waals surface area contributed by atoms with Crippen molar-refractivity contribution < 1.29 is 14.0 Å². The molecule has 0 saturated carbocycles. The van der Waals surface area contributed by atoms with E-state index in [0.717, 1.165) is 27.7 Å². The summed E-state index contributed by atoms with van der Waals surface area (Å²) in [4.78, 5) is 35.8. The van der Waals surface area contributed by atoms with E-state index < -0.39 is 0 Å². The van der Waals surface area contributed by atoms with Crippen LogP contribution in [-0.2, 0) is 4.79 Å². The molecular weight excluding hydrogens is 455 g/mol. The number of aromatic nitrogens is 1. The quantitative estimate of drug-likeness (QED) is 0.453. The molecule has 4 aromatic rings. The number of carbonyl (C=O) groups is 2. The van der Waals surface area contributed by atoms with Gasteiger partial charge in [-0.3, -0.25) is 9.59 Å². The molecule has 6 rings (SSSR count). The number of para-hydroxylation sites is 1. The molecule has 0 unspecified atom stereocenters. The molecule has 0 radical (unpaired) electrons. The molecule has 0 spiro atoms. The van der Waals surface area contributed by atoms with E-state index in [9.17, 15) is 14.0 Å². The zero-order chi connectivity index (χ0) is 24.6. The van der Waals surface area contributed by atoms with Crippen LogP contribution in [0.2, 0.25) is 0 Å². The topological polar surface area (TPSA) is 59.7 Å². The van der Waals surface area contributed by atoms with E-state index >= 15 is 0 Å². The summed E-state index contributed by atoms with van der Waals surface area (Å²) in [5.74, 6) is -0.234. The third-order valence-electron chi connectivity index (χ3n) is 7.36. The second-order valence-electron chi connectivity index (χ2n) is 9.37. The fourth-order valence-corrected chi connectivity index (χ4v) is 5.50. The highest BCUT2D eigenvalue weighted by Gasteiger charge is 2.38. The molecule has 0 bridgehead atoms. The van der Waals surface area contributed by atoms with Crippen LogP contribution in [-0.4, -0.2) is 59.3 Å². The lowest BCUT2D eigenvalue weighted by Crippen LogP contribution is -2.49. The number of carbonyl (C=O) groups excluding carboxylic acids is 2. The maximum Gasteiger partial charge on any atom is 0.255 e. The Labute approximate surface area is 208 Å². The van der Waals surface area contributed by atoms with E-state index in [0.29, 0.717) is 38.3 Å². The molecule has 6 nitrogen and oxygen atoms in total. The first-order valence-corrected chi connectivity index (χ1v) is 12.3. The zero-order valence-electron chi connectivity index (χ0n) is 19.9. The molecule has 2 aliphatic heterocycles. The molecule has 1 saturated heterocycles. The first-order valence-electron chi connectivity index (χ1n) is 12.3. The Bertz CT molecular complexity index is 1420. The van der Waals surface area contributed by atoms with Crippen molar-refractivity contribution in [1.82, 2.24) is 14.8 Å². The maximum atomic E-state index is 13.4. The first kappa shape index (κ1) is 22.3. The van der Waals surface area contributed by atoms with Gasteiger partial charge in [-0.2, -0.15) is 0 Å². The van der Waals surface area contributed by atoms with Gasteiger partial charge < -0.3 is 19.7 Å². The molecule has 1 aromatic heterocycles. The Hall–Kier alpha value is -4.13. The van der Waals surface area contributed by atoms with Crippen LogP contribution in [0, 0.1) is 5.82 Å². The molecule has 1 N–H and O–H groups in total. The number of nitrogens with zero attached hydrogens (tertiary/aromatic N) is 3. The first-order chi connectivity index (χ1) is 17.6. The van der Waals surface area contributed by atoms with Gasteiger partial charge in [0.15, 0.2) is 0 Å². The minimum Gasteiger partial charge on any atom is -0.368 e. The van der Waals surface area contributed by atoms with Crippen LogP contribution in [0.1, 0.15) is 33.9 Å². The second-order valence-corrected chi connectivity index (χ2v) is 9.37. The van der Waals surface area contributed by atoms with E-state index in [2.05, 4.69) is 16.0 Å². The van der Waals surface area contributed by atoms with Crippen molar-refractivity contribution in [3.63, 3.8) is 0 Å². The fourth-order valence-electron chi connectivity index (χ4n) is 5.50. The predicted molar refractivity (Wildman–Crippen MR) is 137 cm³/mol. The summed E-state index contributed by atoms with van der Waals surface area (Å²) in [5.41, 5.74) is 4.72. The van der Waals surface area contributed by atoms with E-state index in [-0.39, 0.29) is 30.1 Å². The lowest BCUT2D eigenvalue weighted by atomic mass is 9.97. The Balaban J connectivity index is 1.17. The number of benzene rings is 3. The molecule has 1 fully saturated rings. The molecule has 7 heteroatoms. The Morgan fingerprint density at radius 1 is 0.889 bits per heavy atom. The highest BCUT2D eigenvalue weighted by Crippen LogP contribution is 2.41. The number of H-pyrrole nitrogens is 1. The zero-order valence-corrected chi connectivity index (χ0v) is 19.9. The van der Waals surface area contributed by atoms with Gasteiger partial charge in [0, 0.05) is 73.1 Å². The van der Waals surface area contributed by atoms with Crippen molar-refractivity contribution in [1.29, 1.82) is 0 Å². The third kappa shape index (κ3) is 3.90. The normalized spacial score (nSPS) is 17.6. The van der Waals surface area contributed by atoms with Crippen LogP contribution in [0.3, 0.4) is 0 Å². The molecule has 1 atom stereocenters. The number of rotatable bonds is 5. The van der Waals surface area contributed by atoms with Gasteiger partial charge >= 0.3 is 0 Å². The van der Waals surface area contributed by atoms with Gasteiger partial charge in [0.1, 0.15) is 5.82 Å². The van der Waals surface area contributed by atoms with E-state index in [1.807, 2.05) is 58.5 Å². The molecule has 0 aliphatic carbocycles. The van der Waals surface area contributed by atoms with Gasteiger partial charge in [-0.25, -0.2) is 4.39 Å². The van der Waals surface area contributed by atoms with Gasteiger partial charge in [-0.15, -0.1) is 0 Å². The van der Waals surface area contributed by atoms with E-state index in [1.54, 1.807) is 12.1 Å². The lowest BCUT2D eigenvalue weighted by Gasteiger charge is -2.36. The highest BCUT2D eigenvalue weighted by atomic mass is 19.1. The summed E-state index contributed by atoms with van der Waals surface area (Å²) in [6, 6.07) is 22.1. The number of fused-ring (bicyclic) bond motifs is 2. The monoisotopic (exact) mass is 482 g/mol. The average molecular weight is 483 g/mol. The van der Waals surface area contributed by atoms with Gasteiger partial charge in [-0.1, -0.05) is 36.4 Å². The van der Waals surface area contributed by atoms with Crippen LogP contribution in [0.15, 0.2) is 79.0 Å². The molecular formula is C29H27FN4O2. The summed E-state index contributed by atoms with van der Waals surface area (Å²) in [6.45, 7) is 2.97. The number of piperazine rings is 1. The number of amides is 2. The number of anilines is 1.